The molecule has 0 saturated heterocycles. The second-order valence-corrected chi connectivity index (χ2v) is 4.35. The molecule has 1 heterocycles. The lowest BCUT2D eigenvalue weighted by Gasteiger charge is -2.10. The molecule has 1 rings (SSSR count). The van der Waals surface area contributed by atoms with E-state index in [1.54, 1.807) is 11.8 Å². The van der Waals surface area contributed by atoms with Crippen LogP contribution in [0.3, 0.4) is 0 Å². The van der Waals surface area contributed by atoms with Crippen molar-refractivity contribution in [1.82, 2.24) is 20.5 Å². The Labute approximate surface area is 98.8 Å². The normalized spacial score (nSPS) is 12.4. The largest absolute Gasteiger partial charge is 0.354 e. The maximum atomic E-state index is 11.5. The molecule has 90 valence electrons. The number of hydrogen-bond donors (Lipinski definition) is 3. The van der Waals surface area contributed by atoms with Crippen molar-refractivity contribution in [3.8, 4) is 0 Å². The van der Waals surface area contributed by atoms with E-state index in [0.29, 0.717) is 19.4 Å². The molecule has 0 aliphatic carbocycles. The van der Waals surface area contributed by atoms with Crippen LogP contribution in [-0.2, 0) is 11.2 Å². The molecule has 16 heavy (non-hydrogen) atoms. The number of carbonyl (C=O) groups is 1. The Kier molecular flexibility index (Phi) is 5.87. The number of carbonyl (C=O) groups excluding carboxylic acids is 1. The van der Waals surface area contributed by atoms with Crippen LogP contribution in [0.25, 0.3) is 0 Å². The highest BCUT2D eigenvalue weighted by Crippen LogP contribution is 1.98. The minimum atomic E-state index is -0.415. The van der Waals surface area contributed by atoms with Gasteiger partial charge in [-0.05, 0) is 18.4 Å². The zero-order chi connectivity index (χ0) is 11.8. The van der Waals surface area contributed by atoms with Gasteiger partial charge in [-0.1, -0.05) is 0 Å². The fourth-order valence-electron chi connectivity index (χ4n) is 1.16. The predicted octanol–water partition coefficient (Wildman–Crippen LogP) is -0.456. The van der Waals surface area contributed by atoms with E-state index in [1.165, 1.54) is 6.33 Å². The monoisotopic (exact) mass is 243 g/mol. The van der Waals surface area contributed by atoms with Gasteiger partial charge in [0.05, 0.1) is 6.04 Å². The van der Waals surface area contributed by atoms with Gasteiger partial charge in [-0.2, -0.15) is 16.9 Å². The van der Waals surface area contributed by atoms with Crippen molar-refractivity contribution >= 4 is 17.7 Å². The summed E-state index contributed by atoms with van der Waals surface area (Å²) in [5.74, 6) is 1.56. The van der Waals surface area contributed by atoms with Crippen molar-refractivity contribution in [2.45, 2.75) is 18.9 Å². The fraction of sp³-hybridized carbons (Fsp3) is 0.667. The molecule has 0 fully saturated rings. The summed E-state index contributed by atoms with van der Waals surface area (Å²) in [4.78, 5) is 15.4. The van der Waals surface area contributed by atoms with Crippen LogP contribution in [-0.4, -0.2) is 45.7 Å². The van der Waals surface area contributed by atoms with Crippen LogP contribution in [0.5, 0.6) is 0 Å². The van der Waals surface area contributed by atoms with E-state index in [9.17, 15) is 4.79 Å². The molecule has 0 aromatic carbocycles. The molecule has 0 radical (unpaired) electrons. The van der Waals surface area contributed by atoms with Crippen LogP contribution in [0.15, 0.2) is 6.33 Å². The number of nitrogens with two attached hydrogens (primary N) is 1. The second kappa shape index (κ2) is 7.24. The summed E-state index contributed by atoms with van der Waals surface area (Å²) < 4.78 is 0. The summed E-state index contributed by atoms with van der Waals surface area (Å²) in [7, 11) is 0. The minimum absolute atomic E-state index is 0.103. The number of aromatic nitrogens is 3. The standard InChI is InChI=1S/C9H17N5OS/c1-16-5-3-7(10)9(15)11-4-2-8-12-6-13-14-8/h6-7H,2-5,10H2,1H3,(H,11,15)(H,12,13,14)/t7-/m1/s1. The molecule has 7 heteroatoms. The van der Waals surface area contributed by atoms with Crippen molar-refractivity contribution in [1.29, 1.82) is 0 Å². The van der Waals surface area contributed by atoms with Gasteiger partial charge in [0.1, 0.15) is 12.2 Å². The Balaban J connectivity index is 2.14. The van der Waals surface area contributed by atoms with Gasteiger partial charge >= 0.3 is 0 Å². The summed E-state index contributed by atoms with van der Waals surface area (Å²) in [6, 6.07) is -0.415. The van der Waals surface area contributed by atoms with Crippen LogP contribution in [0.2, 0.25) is 0 Å². The summed E-state index contributed by atoms with van der Waals surface area (Å²) in [6.07, 6.45) is 4.78. The number of amides is 1. The molecule has 1 amide bonds. The van der Waals surface area contributed by atoms with Crippen molar-refractivity contribution < 1.29 is 4.79 Å². The van der Waals surface area contributed by atoms with Gasteiger partial charge in [-0.15, -0.1) is 0 Å². The Morgan fingerprint density at radius 1 is 1.75 bits per heavy atom. The quantitative estimate of drug-likeness (QED) is 0.602. The first-order valence-corrected chi connectivity index (χ1v) is 6.50. The van der Waals surface area contributed by atoms with Crippen LogP contribution < -0.4 is 11.1 Å². The van der Waals surface area contributed by atoms with E-state index in [1.807, 2.05) is 6.26 Å². The van der Waals surface area contributed by atoms with E-state index in [4.69, 9.17) is 5.73 Å². The molecule has 0 saturated carbocycles. The van der Waals surface area contributed by atoms with Crippen LogP contribution >= 0.6 is 11.8 Å². The number of nitrogens with zero attached hydrogens (tertiary/aromatic N) is 2. The zero-order valence-corrected chi connectivity index (χ0v) is 10.1. The summed E-state index contributed by atoms with van der Waals surface area (Å²) in [6.45, 7) is 0.529. The van der Waals surface area contributed by atoms with E-state index < -0.39 is 6.04 Å². The van der Waals surface area contributed by atoms with Crippen molar-refractivity contribution in [2.75, 3.05) is 18.6 Å². The van der Waals surface area contributed by atoms with Gasteiger partial charge in [0.15, 0.2) is 0 Å². The number of hydrogen-bond acceptors (Lipinski definition) is 5. The maximum absolute atomic E-state index is 11.5. The Morgan fingerprint density at radius 3 is 3.19 bits per heavy atom. The molecule has 0 aliphatic rings. The molecule has 1 aromatic heterocycles. The Hall–Kier alpha value is -1.08. The number of nitrogens with one attached hydrogen (secondary N) is 2. The third-order valence-electron chi connectivity index (χ3n) is 2.10. The third kappa shape index (κ3) is 4.63. The van der Waals surface area contributed by atoms with E-state index in [-0.39, 0.29) is 5.91 Å². The van der Waals surface area contributed by atoms with E-state index >= 15 is 0 Å². The molecule has 0 spiro atoms. The van der Waals surface area contributed by atoms with Gasteiger partial charge in [0.2, 0.25) is 5.91 Å². The van der Waals surface area contributed by atoms with Gasteiger partial charge in [-0.3, -0.25) is 9.89 Å². The summed E-state index contributed by atoms with van der Waals surface area (Å²) in [5, 5.41) is 9.22. The molecule has 6 nitrogen and oxygen atoms in total. The topological polar surface area (TPSA) is 96.7 Å². The first kappa shape index (κ1) is 13.0. The molecule has 0 bridgehead atoms. The first-order chi connectivity index (χ1) is 7.74. The lowest BCUT2D eigenvalue weighted by molar-refractivity contribution is -0.122. The fourth-order valence-corrected chi connectivity index (χ4v) is 1.65. The van der Waals surface area contributed by atoms with Crippen molar-refractivity contribution in [3.05, 3.63) is 12.2 Å². The summed E-state index contributed by atoms with van der Waals surface area (Å²) in [5.41, 5.74) is 5.70. The van der Waals surface area contributed by atoms with Gasteiger partial charge in [0, 0.05) is 13.0 Å². The highest BCUT2D eigenvalue weighted by Gasteiger charge is 2.11. The smallest absolute Gasteiger partial charge is 0.236 e. The number of aromatic amines is 1. The minimum Gasteiger partial charge on any atom is -0.354 e. The highest BCUT2D eigenvalue weighted by atomic mass is 32.2. The molecule has 1 aromatic rings. The first-order valence-electron chi connectivity index (χ1n) is 5.10. The average molecular weight is 243 g/mol. The van der Waals surface area contributed by atoms with Crippen LogP contribution in [0, 0.1) is 0 Å². The molecule has 0 unspecified atom stereocenters. The lowest BCUT2D eigenvalue weighted by Crippen LogP contribution is -2.41. The Bertz CT molecular complexity index is 303. The van der Waals surface area contributed by atoms with Gasteiger partial charge < -0.3 is 11.1 Å². The van der Waals surface area contributed by atoms with Crippen LogP contribution in [0.4, 0.5) is 0 Å². The molecule has 1 atom stereocenters. The number of H-pyrrole nitrogens is 1. The Morgan fingerprint density at radius 2 is 2.56 bits per heavy atom. The maximum Gasteiger partial charge on any atom is 0.236 e. The molecule has 4 N–H and O–H groups in total. The SMILES string of the molecule is CSCC[C@@H](N)C(=O)NCCc1ncn[nH]1. The number of rotatable bonds is 7. The van der Waals surface area contributed by atoms with Gasteiger partial charge in [-0.25, -0.2) is 4.98 Å². The van der Waals surface area contributed by atoms with E-state index in [0.717, 1.165) is 11.6 Å². The predicted molar refractivity (Wildman–Crippen MR) is 64.1 cm³/mol. The molecular formula is C9H17N5OS. The second-order valence-electron chi connectivity index (χ2n) is 3.36. The highest BCUT2D eigenvalue weighted by molar-refractivity contribution is 7.98. The summed E-state index contributed by atoms with van der Waals surface area (Å²) >= 11 is 1.69. The van der Waals surface area contributed by atoms with Crippen LogP contribution in [0.1, 0.15) is 12.2 Å². The van der Waals surface area contributed by atoms with E-state index in [2.05, 4.69) is 20.5 Å². The average Bonchev–Trinajstić information content (AvgIpc) is 2.78. The zero-order valence-electron chi connectivity index (χ0n) is 9.27. The number of thioether (sulfide) groups is 1. The molecular weight excluding hydrogens is 226 g/mol. The van der Waals surface area contributed by atoms with Crippen molar-refractivity contribution in [2.24, 2.45) is 5.73 Å². The van der Waals surface area contributed by atoms with Gasteiger partial charge in [0.25, 0.3) is 0 Å². The molecule has 0 aliphatic heterocycles. The van der Waals surface area contributed by atoms with Crippen molar-refractivity contribution in [3.63, 3.8) is 0 Å². The lowest BCUT2D eigenvalue weighted by atomic mass is 10.2. The third-order valence-corrected chi connectivity index (χ3v) is 2.74.